The molecule has 0 heterocycles. The summed E-state index contributed by atoms with van der Waals surface area (Å²) in [6, 6.07) is 1.48. The summed E-state index contributed by atoms with van der Waals surface area (Å²) in [6.45, 7) is 5.82. The molecule has 2 nitrogen and oxygen atoms in total. The van der Waals surface area contributed by atoms with E-state index in [0.717, 1.165) is 6.42 Å². The van der Waals surface area contributed by atoms with Gasteiger partial charge in [0.15, 0.2) is 0 Å². The molecule has 0 aromatic rings. The van der Waals surface area contributed by atoms with Gasteiger partial charge in [-0.1, -0.05) is 141 Å². The normalized spacial score (nSPS) is 11.6. The summed E-state index contributed by atoms with van der Waals surface area (Å²) in [6.07, 6.45) is 21.8. The maximum Gasteiger partial charge on any atom is 0.333 e. The summed E-state index contributed by atoms with van der Waals surface area (Å²) in [5.74, 6) is -0.254. The molecule has 0 aliphatic heterocycles. The van der Waals surface area contributed by atoms with Crippen molar-refractivity contribution in [3.63, 3.8) is 0 Å². The molecule has 0 rings (SSSR count). The van der Waals surface area contributed by atoms with Gasteiger partial charge in [-0.25, -0.2) is 4.79 Å². The second-order valence-electron chi connectivity index (χ2n) is 8.11. The van der Waals surface area contributed by atoms with Crippen LogP contribution in [0.2, 0.25) is 6.04 Å². The fourth-order valence-electron chi connectivity index (χ4n) is 3.34. The highest BCUT2D eigenvalue weighted by Crippen LogP contribution is 2.15. The van der Waals surface area contributed by atoms with Gasteiger partial charge < -0.3 is 4.74 Å². The number of esters is 1. The third-order valence-electron chi connectivity index (χ3n) is 5.15. The first-order chi connectivity index (χ1) is 13.5. The Balaban J connectivity index is 3.07. The molecule has 0 amide bonds. The highest BCUT2D eigenvalue weighted by Gasteiger charge is 2.02. The molecule has 0 spiro atoms. The van der Waals surface area contributed by atoms with Crippen molar-refractivity contribution in [1.29, 1.82) is 0 Å². The number of hydrogen-bond acceptors (Lipinski definition) is 2. The molecule has 0 saturated carbocycles. The van der Waals surface area contributed by atoms with Crippen molar-refractivity contribution in [3.05, 3.63) is 12.2 Å². The zero-order valence-corrected chi connectivity index (χ0v) is 22.9. The molecular formula is C23H44Br2O2Si. The van der Waals surface area contributed by atoms with Crippen molar-refractivity contribution < 1.29 is 9.53 Å². The summed E-state index contributed by atoms with van der Waals surface area (Å²) in [7, 11) is 0.0883. The lowest BCUT2D eigenvalue weighted by atomic mass is 10.0. The molecule has 0 saturated heterocycles. The van der Waals surface area contributed by atoms with Crippen LogP contribution in [0, 0.1) is 0 Å². The third kappa shape index (κ3) is 22.7. The monoisotopic (exact) mass is 538 g/mol. The van der Waals surface area contributed by atoms with Crippen LogP contribution in [-0.2, 0) is 9.53 Å². The van der Waals surface area contributed by atoms with Gasteiger partial charge in [0.2, 0.25) is 0 Å². The molecule has 0 aromatic heterocycles. The Labute approximate surface area is 194 Å². The van der Waals surface area contributed by atoms with Gasteiger partial charge in [-0.2, -0.15) is 0 Å². The maximum absolute atomic E-state index is 11.2. The Morgan fingerprint density at radius 3 is 1.46 bits per heavy atom. The van der Waals surface area contributed by atoms with E-state index < -0.39 is 0 Å². The summed E-state index contributed by atoms with van der Waals surface area (Å²) >= 11 is 7.19. The van der Waals surface area contributed by atoms with E-state index in [2.05, 4.69) is 38.4 Å². The van der Waals surface area contributed by atoms with Crippen LogP contribution in [0.1, 0.15) is 110 Å². The Bertz CT molecular complexity index is 376. The van der Waals surface area contributed by atoms with E-state index in [4.69, 9.17) is 4.74 Å². The van der Waals surface area contributed by atoms with Crippen LogP contribution in [0.4, 0.5) is 0 Å². The van der Waals surface area contributed by atoms with Gasteiger partial charge in [0, 0.05) is 15.1 Å². The Morgan fingerprint density at radius 2 is 1.11 bits per heavy atom. The van der Waals surface area contributed by atoms with E-state index in [1.807, 2.05) is 0 Å². The first kappa shape index (κ1) is 28.4. The van der Waals surface area contributed by atoms with Crippen LogP contribution in [0.15, 0.2) is 12.2 Å². The Kier molecular flexibility index (Phi) is 22.4. The quantitative estimate of drug-likeness (QED) is 0.0485. The third-order valence-corrected chi connectivity index (χ3v) is 9.24. The number of halogens is 2. The molecule has 0 bridgehead atoms. The first-order valence-corrected chi connectivity index (χ1v) is 15.3. The van der Waals surface area contributed by atoms with Crippen molar-refractivity contribution in [2.75, 3.05) is 6.61 Å². The van der Waals surface area contributed by atoms with Gasteiger partial charge in [0.05, 0.1) is 9.97 Å². The van der Waals surface area contributed by atoms with Gasteiger partial charge in [0.1, 0.15) is 0 Å². The average Bonchev–Trinajstić information content (AvgIpc) is 2.65. The summed E-state index contributed by atoms with van der Waals surface area (Å²) < 4.78 is 5.74. The second kappa shape index (κ2) is 22.1. The van der Waals surface area contributed by atoms with E-state index in [-0.39, 0.29) is 15.5 Å². The largest absolute Gasteiger partial charge is 0.462 e. The van der Waals surface area contributed by atoms with Crippen molar-refractivity contribution in [1.82, 2.24) is 0 Å². The lowest BCUT2D eigenvalue weighted by Gasteiger charge is -2.05. The van der Waals surface area contributed by atoms with Crippen molar-refractivity contribution >= 4 is 47.3 Å². The minimum absolute atomic E-state index is 0.0883. The van der Waals surface area contributed by atoms with Gasteiger partial charge in [-0.3, -0.25) is 0 Å². The van der Waals surface area contributed by atoms with Crippen molar-refractivity contribution in [2.24, 2.45) is 0 Å². The van der Waals surface area contributed by atoms with E-state index >= 15 is 0 Å². The molecule has 0 radical (unpaired) electrons. The molecule has 0 N–H and O–H groups in total. The number of unbranched alkanes of at least 4 members (excludes halogenated alkanes) is 15. The molecule has 5 heteroatoms. The minimum atomic E-state index is -0.254. The summed E-state index contributed by atoms with van der Waals surface area (Å²) in [5, 5.41) is 0. The molecule has 0 unspecified atom stereocenters. The summed E-state index contributed by atoms with van der Waals surface area (Å²) in [5.41, 5.74) is 0.492. The fraction of sp³-hybridized carbons (Fsp3) is 0.870. The van der Waals surface area contributed by atoms with Crippen molar-refractivity contribution in [3.8, 4) is 0 Å². The molecular weight excluding hydrogens is 496 g/mol. The molecule has 0 aliphatic carbocycles. The molecule has 166 valence electrons. The van der Waals surface area contributed by atoms with Crippen LogP contribution in [0.25, 0.3) is 0 Å². The van der Waals surface area contributed by atoms with Crippen LogP contribution < -0.4 is 0 Å². The van der Waals surface area contributed by atoms with Crippen LogP contribution >= 0.6 is 31.9 Å². The highest BCUT2D eigenvalue weighted by molar-refractivity contribution is 9.25. The van der Waals surface area contributed by atoms with Crippen LogP contribution in [0.5, 0.6) is 0 Å². The number of carbonyl (C=O) groups excluding carboxylic acids is 1. The zero-order valence-electron chi connectivity index (χ0n) is 18.3. The molecule has 0 aliphatic rings. The molecule has 0 aromatic carbocycles. The van der Waals surface area contributed by atoms with E-state index in [1.54, 1.807) is 6.92 Å². The van der Waals surface area contributed by atoms with E-state index in [9.17, 15) is 4.79 Å². The number of ether oxygens (including phenoxy) is 1. The zero-order chi connectivity index (χ0) is 20.9. The Hall–Kier alpha value is 0.387. The predicted molar refractivity (Wildman–Crippen MR) is 135 cm³/mol. The highest BCUT2D eigenvalue weighted by atomic mass is 79.9. The lowest BCUT2D eigenvalue weighted by molar-refractivity contribution is -0.139. The number of alkyl halides is 2. The van der Waals surface area contributed by atoms with Crippen LogP contribution in [-0.4, -0.2) is 25.5 Å². The first-order valence-electron chi connectivity index (χ1n) is 11.6. The number of rotatable bonds is 21. The van der Waals surface area contributed by atoms with Gasteiger partial charge in [-0.05, 0) is 13.3 Å². The van der Waals surface area contributed by atoms with Crippen LogP contribution in [0.3, 0.4) is 0 Å². The molecule has 0 atom stereocenters. The molecule has 0 fully saturated rings. The SMILES string of the molecule is C=C(C)C(=O)OCCCCCCCCCCCCCCCCCC[SiH2]C(Br)Br. The topological polar surface area (TPSA) is 26.3 Å². The van der Waals surface area contributed by atoms with Gasteiger partial charge in [0.25, 0.3) is 0 Å². The lowest BCUT2D eigenvalue weighted by Crippen LogP contribution is -2.05. The number of hydrogen-bond donors (Lipinski definition) is 0. The van der Waals surface area contributed by atoms with E-state index in [0.29, 0.717) is 15.5 Å². The van der Waals surface area contributed by atoms with Crippen molar-refractivity contribution in [2.45, 2.75) is 119 Å². The van der Waals surface area contributed by atoms with Gasteiger partial charge >= 0.3 is 5.97 Å². The predicted octanol–water partition coefficient (Wildman–Crippen LogP) is 8.01. The van der Waals surface area contributed by atoms with Gasteiger partial charge in [-0.15, -0.1) is 0 Å². The fourth-order valence-corrected chi connectivity index (χ4v) is 6.23. The molecule has 28 heavy (non-hydrogen) atoms. The smallest absolute Gasteiger partial charge is 0.333 e. The standard InChI is InChI=1S/C23H44Br2O2Si/c1-21(2)22(26)27-19-17-15-13-11-9-7-5-3-4-6-8-10-12-14-16-18-20-28-23(24)25/h23H,1,3-20,28H2,2H3. The number of carbonyl (C=O) groups is 1. The summed E-state index contributed by atoms with van der Waals surface area (Å²) in [4.78, 5) is 11.2. The average molecular weight is 540 g/mol. The maximum atomic E-state index is 11.2. The van der Waals surface area contributed by atoms with E-state index in [1.165, 1.54) is 102 Å². The minimum Gasteiger partial charge on any atom is -0.462 e. The second-order valence-corrected chi connectivity index (χ2v) is 16.0. The Morgan fingerprint density at radius 1 is 0.750 bits per heavy atom.